The zero-order valence-corrected chi connectivity index (χ0v) is 9.28. The Kier molecular flexibility index (Phi) is 4.30. The van der Waals surface area contributed by atoms with Crippen LogP contribution >= 0.6 is 0 Å². The summed E-state index contributed by atoms with van der Waals surface area (Å²) in [6.07, 6.45) is -1.21. The van der Waals surface area contributed by atoms with Crippen molar-refractivity contribution in [2.24, 2.45) is 0 Å². The normalized spacial score (nSPS) is 11.8. The Morgan fingerprint density at radius 1 is 1.41 bits per heavy atom. The molecule has 4 nitrogen and oxygen atoms in total. The smallest absolute Gasteiger partial charge is 0.434 e. The summed E-state index contributed by atoms with van der Waals surface area (Å²) in [5.41, 5.74) is -1.23. The maximum absolute atomic E-state index is 12.7. The lowest BCUT2D eigenvalue weighted by Gasteiger charge is -2.09. The number of methoxy groups -OCH3 is 1. The predicted molar refractivity (Wildman–Crippen MR) is 54.2 cm³/mol. The van der Waals surface area contributed by atoms with Gasteiger partial charge in [-0.3, -0.25) is 0 Å². The zero-order chi connectivity index (χ0) is 12.9. The van der Waals surface area contributed by atoms with Crippen LogP contribution < -0.4 is 4.74 Å². The molecule has 0 N–H and O–H groups in total. The molecule has 0 radical (unpaired) electrons. The second-order valence-electron chi connectivity index (χ2n) is 2.92. The van der Waals surface area contributed by atoms with Crippen molar-refractivity contribution in [3.05, 3.63) is 23.7 Å². The lowest BCUT2D eigenvalue weighted by Crippen LogP contribution is -2.12. The van der Waals surface area contributed by atoms with Crippen molar-refractivity contribution in [2.45, 2.75) is 13.1 Å². The molecule has 1 aromatic rings. The number of rotatable bonds is 4. The van der Waals surface area contributed by atoms with Crippen LogP contribution in [0.5, 0.6) is 6.01 Å². The summed E-state index contributed by atoms with van der Waals surface area (Å²) in [5, 5.41) is 0. The molecule has 1 rings (SSSR count). The maximum atomic E-state index is 12.7. The largest absolute Gasteiger partial charge is 0.501 e. The number of hydrogen-bond donors (Lipinski definition) is 0. The van der Waals surface area contributed by atoms with Crippen molar-refractivity contribution >= 4 is 6.08 Å². The molecular weight excluding hydrogens is 237 g/mol. The van der Waals surface area contributed by atoms with Crippen LogP contribution in [0.2, 0.25) is 0 Å². The van der Waals surface area contributed by atoms with Crippen molar-refractivity contribution in [2.75, 3.05) is 13.7 Å². The number of halogens is 3. The van der Waals surface area contributed by atoms with Crippen molar-refractivity contribution in [1.82, 2.24) is 9.97 Å². The third kappa shape index (κ3) is 3.61. The van der Waals surface area contributed by atoms with Crippen LogP contribution in [0, 0.1) is 0 Å². The molecule has 0 aliphatic carbocycles. The maximum Gasteiger partial charge on any atom is 0.434 e. The molecule has 0 unspecified atom stereocenters. The molecule has 1 aromatic heterocycles. The number of nitrogens with zero attached hydrogens (tertiary/aromatic N) is 2. The molecule has 0 aliphatic heterocycles. The van der Waals surface area contributed by atoms with E-state index >= 15 is 0 Å². The van der Waals surface area contributed by atoms with E-state index in [1.165, 1.54) is 13.4 Å². The monoisotopic (exact) mass is 248 g/mol. The summed E-state index contributed by atoms with van der Waals surface area (Å²) in [4.78, 5) is 6.89. The Morgan fingerprint density at radius 2 is 2.12 bits per heavy atom. The molecule has 94 valence electrons. The Bertz CT molecular complexity index is 405. The minimum absolute atomic E-state index is 0.174. The topological polar surface area (TPSA) is 44.2 Å². The highest BCUT2D eigenvalue weighted by Crippen LogP contribution is 2.31. The second kappa shape index (κ2) is 5.51. The summed E-state index contributed by atoms with van der Waals surface area (Å²) in [5.74, 6) is 0. The highest BCUT2D eigenvalue weighted by Gasteiger charge is 2.35. The van der Waals surface area contributed by atoms with E-state index in [-0.39, 0.29) is 11.6 Å². The summed E-state index contributed by atoms with van der Waals surface area (Å²) in [6.45, 7) is 2.09. The SMILES string of the molecule is CCO/C=C/c1cnc(OC)nc1C(F)(F)F. The average Bonchev–Trinajstić information content (AvgIpc) is 2.28. The van der Waals surface area contributed by atoms with E-state index in [9.17, 15) is 13.2 Å². The molecule has 0 amide bonds. The molecule has 0 saturated carbocycles. The van der Waals surface area contributed by atoms with Crippen molar-refractivity contribution in [1.29, 1.82) is 0 Å². The number of ether oxygens (including phenoxy) is 2. The van der Waals surface area contributed by atoms with Crippen LogP contribution in [0.1, 0.15) is 18.2 Å². The van der Waals surface area contributed by atoms with Crippen LogP contribution in [0.4, 0.5) is 13.2 Å². The van der Waals surface area contributed by atoms with Crippen molar-refractivity contribution < 1.29 is 22.6 Å². The second-order valence-corrected chi connectivity index (χ2v) is 2.92. The first kappa shape index (κ1) is 13.3. The highest BCUT2D eigenvalue weighted by atomic mass is 19.4. The van der Waals surface area contributed by atoms with Gasteiger partial charge in [0, 0.05) is 11.8 Å². The van der Waals surface area contributed by atoms with Gasteiger partial charge >= 0.3 is 12.2 Å². The van der Waals surface area contributed by atoms with Gasteiger partial charge in [0.25, 0.3) is 0 Å². The summed E-state index contributed by atoms with van der Waals surface area (Å²) < 4.78 is 47.3. The van der Waals surface area contributed by atoms with E-state index in [0.29, 0.717) is 6.61 Å². The molecule has 0 fully saturated rings. The van der Waals surface area contributed by atoms with Gasteiger partial charge in [-0.15, -0.1) is 0 Å². The first-order chi connectivity index (χ1) is 7.99. The van der Waals surface area contributed by atoms with E-state index in [4.69, 9.17) is 4.74 Å². The van der Waals surface area contributed by atoms with E-state index in [2.05, 4.69) is 14.7 Å². The van der Waals surface area contributed by atoms with Gasteiger partial charge in [-0.05, 0) is 13.0 Å². The molecule has 17 heavy (non-hydrogen) atoms. The summed E-state index contributed by atoms with van der Waals surface area (Å²) >= 11 is 0. The number of aromatic nitrogens is 2. The van der Waals surface area contributed by atoms with Crippen molar-refractivity contribution in [3.8, 4) is 6.01 Å². The van der Waals surface area contributed by atoms with Gasteiger partial charge in [0.15, 0.2) is 5.69 Å². The van der Waals surface area contributed by atoms with Gasteiger partial charge in [0.05, 0.1) is 20.0 Å². The Balaban J connectivity index is 3.11. The fraction of sp³-hybridized carbons (Fsp3) is 0.400. The van der Waals surface area contributed by atoms with Crippen LogP contribution in [-0.4, -0.2) is 23.7 Å². The summed E-state index contributed by atoms with van der Waals surface area (Å²) in [7, 11) is 1.20. The standard InChI is InChI=1S/C10H11F3N2O2/c1-3-17-5-4-7-6-14-9(16-2)15-8(7)10(11,12)13/h4-6H,3H2,1-2H3/b5-4+. The molecule has 0 aromatic carbocycles. The molecule has 0 atom stereocenters. The van der Waals surface area contributed by atoms with E-state index in [0.717, 1.165) is 12.3 Å². The van der Waals surface area contributed by atoms with E-state index in [1.54, 1.807) is 6.92 Å². The molecular formula is C10H11F3N2O2. The van der Waals surface area contributed by atoms with Crippen LogP contribution in [0.25, 0.3) is 6.08 Å². The molecule has 0 spiro atoms. The van der Waals surface area contributed by atoms with Gasteiger partial charge in [0.2, 0.25) is 0 Å². The molecule has 7 heteroatoms. The number of hydrogen-bond acceptors (Lipinski definition) is 4. The van der Waals surface area contributed by atoms with Crippen LogP contribution in [-0.2, 0) is 10.9 Å². The molecule has 1 heterocycles. The van der Waals surface area contributed by atoms with Gasteiger partial charge in [-0.1, -0.05) is 0 Å². The minimum Gasteiger partial charge on any atom is -0.501 e. The predicted octanol–water partition coefficient (Wildman–Crippen LogP) is 2.51. The third-order valence-electron chi connectivity index (χ3n) is 1.76. The summed E-state index contributed by atoms with van der Waals surface area (Å²) in [6, 6.07) is -0.328. The van der Waals surface area contributed by atoms with E-state index < -0.39 is 11.9 Å². The van der Waals surface area contributed by atoms with E-state index in [1.807, 2.05) is 0 Å². The number of alkyl halides is 3. The van der Waals surface area contributed by atoms with Gasteiger partial charge < -0.3 is 9.47 Å². The van der Waals surface area contributed by atoms with Gasteiger partial charge in [-0.2, -0.15) is 18.2 Å². The molecule has 0 aliphatic rings. The minimum atomic E-state index is -4.57. The van der Waals surface area contributed by atoms with Gasteiger partial charge in [-0.25, -0.2) is 4.98 Å². The Morgan fingerprint density at radius 3 is 2.65 bits per heavy atom. The zero-order valence-electron chi connectivity index (χ0n) is 9.28. The Labute approximate surface area is 96.1 Å². The van der Waals surface area contributed by atoms with Gasteiger partial charge in [0.1, 0.15) is 0 Å². The fourth-order valence-electron chi connectivity index (χ4n) is 1.04. The molecule has 0 saturated heterocycles. The molecule has 0 bridgehead atoms. The van der Waals surface area contributed by atoms with Crippen molar-refractivity contribution in [3.63, 3.8) is 0 Å². The van der Waals surface area contributed by atoms with Crippen LogP contribution in [0.15, 0.2) is 12.5 Å². The van der Waals surface area contributed by atoms with Crippen LogP contribution in [0.3, 0.4) is 0 Å². The third-order valence-corrected chi connectivity index (χ3v) is 1.76. The lowest BCUT2D eigenvalue weighted by molar-refractivity contribution is -0.141. The lowest BCUT2D eigenvalue weighted by atomic mass is 10.2. The first-order valence-corrected chi connectivity index (χ1v) is 4.75. The average molecular weight is 248 g/mol. The highest BCUT2D eigenvalue weighted by molar-refractivity contribution is 5.50. The first-order valence-electron chi connectivity index (χ1n) is 4.75. The quantitative estimate of drug-likeness (QED) is 0.768. The fourth-order valence-corrected chi connectivity index (χ4v) is 1.04. The Hall–Kier alpha value is -1.79.